The molecule has 1 nitrogen and oxygen atoms in total. The smallest absolute Gasteiger partial charge is 0.0158 e. The molecule has 0 amide bonds. The number of unbranched alkanes of at least 4 members (excludes halogenated alkanes) is 19. The van der Waals surface area contributed by atoms with Crippen LogP contribution in [0.4, 0.5) is 0 Å². The van der Waals surface area contributed by atoms with E-state index in [0.29, 0.717) is 11.1 Å². The summed E-state index contributed by atoms with van der Waals surface area (Å²) in [6, 6.07) is 0. The first-order valence-electron chi connectivity index (χ1n) is 16.6. The van der Waals surface area contributed by atoms with Crippen molar-refractivity contribution in [3.63, 3.8) is 0 Å². The quantitative estimate of drug-likeness (QED) is 0.103. The Morgan fingerprint density at radius 2 is 0.600 bits per heavy atom. The molecule has 0 aromatic rings. The van der Waals surface area contributed by atoms with Gasteiger partial charge in [-0.05, 0) is 53.5 Å². The van der Waals surface area contributed by atoms with Gasteiger partial charge in [0.05, 0.1) is 0 Å². The molecule has 0 aliphatic carbocycles. The van der Waals surface area contributed by atoms with E-state index in [1.165, 1.54) is 161 Å². The average Bonchev–Trinajstić information content (AvgIpc) is 2.82. The van der Waals surface area contributed by atoms with Crippen molar-refractivity contribution in [2.75, 3.05) is 6.54 Å². The van der Waals surface area contributed by atoms with E-state index in [-0.39, 0.29) is 0 Å². The third-order valence-electron chi connectivity index (χ3n) is 8.48. The average molecular weight is 494 g/mol. The summed E-state index contributed by atoms with van der Waals surface area (Å²) in [5.74, 6) is 0. The van der Waals surface area contributed by atoms with Crippen LogP contribution < -0.4 is 0 Å². The molecular formula is C34H71N. The zero-order valence-electron chi connectivity index (χ0n) is 26.1. The van der Waals surface area contributed by atoms with Crippen molar-refractivity contribution >= 4 is 0 Å². The number of nitrogens with zero attached hydrogens (tertiary/aromatic N) is 1. The molecule has 0 radical (unpaired) electrons. The summed E-state index contributed by atoms with van der Waals surface area (Å²) in [6.45, 7) is 18.4. The highest BCUT2D eigenvalue weighted by Gasteiger charge is 2.36. The van der Waals surface area contributed by atoms with Gasteiger partial charge in [-0.3, -0.25) is 4.90 Å². The number of rotatable bonds is 27. The lowest BCUT2D eigenvalue weighted by atomic mass is 9.85. The van der Waals surface area contributed by atoms with Gasteiger partial charge in [0, 0.05) is 11.1 Å². The summed E-state index contributed by atoms with van der Waals surface area (Å²) in [4.78, 5) is 2.93. The molecule has 0 heterocycles. The lowest BCUT2D eigenvalue weighted by Crippen LogP contribution is -2.55. The molecule has 0 rings (SSSR count). The van der Waals surface area contributed by atoms with E-state index >= 15 is 0 Å². The predicted octanol–water partition coefficient (Wildman–Crippen LogP) is 12.3. The Bertz CT molecular complexity index is 400. The normalized spacial score (nSPS) is 12.7. The first-order valence-corrected chi connectivity index (χ1v) is 16.6. The van der Waals surface area contributed by atoms with Crippen LogP contribution in [-0.4, -0.2) is 22.5 Å². The first kappa shape index (κ1) is 35.0. The van der Waals surface area contributed by atoms with Gasteiger partial charge in [-0.15, -0.1) is 0 Å². The second-order valence-corrected chi connectivity index (χ2v) is 13.0. The highest BCUT2D eigenvalue weighted by atomic mass is 15.2. The molecule has 212 valence electrons. The van der Waals surface area contributed by atoms with Crippen molar-refractivity contribution < 1.29 is 0 Å². The maximum Gasteiger partial charge on any atom is 0.0158 e. The summed E-state index contributed by atoms with van der Waals surface area (Å²) in [7, 11) is 0. The molecule has 0 atom stereocenters. The van der Waals surface area contributed by atoms with Gasteiger partial charge in [-0.2, -0.15) is 0 Å². The molecule has 1 heteroatoms. The molecular weight excluding hydrogens is 422 g/mol. The van der Waals surface area contributed by atoms with Crippen LogP contribution in [0.2, 0.25) is 0 Å². The van der Waals surface area contributed by atoms with Crippen LogP contribution in [0.25, 0.3) is 0 Å². The van der Waals surface area contributed by atoms with Crippen molar-refractivity contribution in [3.05, 3.63) is 0 Å². The van der Waals surface area contributed by atoms with Crippen LogP contribution >= 0.6 is 0 Å². The molecule has 0 spiro atoms. The van der Waals surface area contributed by atoms with E-state index in [4.69, 9.17) is 0 Å². The Balaban J connectivity index is 4.28. The zero-order chi connectivity index (χ0) is 26.3. The van der Waals surface area contributed by atoms with E-state index in [2.05, 4.69) is 53.4 Å². The van der Waals surface area contributed by atoms with Crippen LogP contribution in [0.5, 0.6) is 0 Å². The van der Waals surface area contributed by atoms with E-state index in [9.17, 15) is 0 Å². The largest absolute Gasteiger partial charge is 0.293 e. The SMILES string of the molecule is CCCCCCCCCCCCCCCCN(C(C)(C)CCCCCC)C(C)(C)CCCCCC. The molecule has 0 bridgehead atoms. The molecule has 0 saturated carbocycles. The minimum Gasteiger partial charge on any atom is -0.293 e. The Hall–Kier alpha value is -0.0400. The van der Waals surface area contributed by atoms with Gasteiger partial charge in [0.15, 0.2) is 0 Å². The highest BCUT2D eigenvalue weighted by Crippen LogP contribution is 2.33. The zero-order valence-corrected chi connectivity index (χ0v) is 26.1. The molecule has 0 aliphatic rings. The lowest BCUT2D eigenvalue weighted by molar-refractivity contribution is 0.00154. The van der Waals surface area contributed by atoms with Gasteiger partial charge in [0.25, 0.3) is 0 Å². The van der Waals surface area contributed by atoms with Crippen LogP contribution in [-0.2, 0) is 0 Å². The predicted molar refractivity (Wildman–Crippen MR) is 163 cm³/mol. The van der Waals surface area contributed by atoms with Crippen molar-refractivity contribution in [1.29, 1.82) is 0 Å². The van der Waals surface area contributed by atoms with Crippen molar-refractivity contribution in [1.82, 2.24) is 4.90 Å². The van der Waals surface area contributed by atoms with E-state index in [1.54, 1.807) is 0 Å². The molecule has 0 unspecified atom stereocenters. The van der Waals surface area contributed by atoms with Crippen molar-refractivity contribution in [2.45, 2.75) is 214 Å². The molecule has 0 fully saturated rings. The monoisotopic (exact) mass is 494 g/mol. The fraction of sp³-hybridized carbons (Fsp3) is 1.00. The minimum atomic E-state index is 0.318. The minimum absolute atomic E-state index is 0.318. The fourth-order valence-corrected chi connectivity index (χ4v) is 6.13. The molecule has 0 aliphatic heterocycles. The summed E-state index contributed by atoms with van der Waals surface area (Å²) in [6.07, 6.45) is 34.0. The highest BCUT2D eigenvalue weighted by molar-refractivity contribution is 4.92. The summed E-state index contributed by atoms with van der Waals surface area (Å²) < 4.78 is 0. The Morgan fingerprint density at radius 1 is 0.343 bits per heavy atom. The van der Waals surface area contributed by atoms with Gasteiger partial charge in [-0.1, -0.05) is 156 Å². The number of hydrogen-bond acceptors (Lipinski definition) is 1. The summed E-state index contributed by atoms with van der Waals surface area (Å²) >= 11 is 0. The van der Waals surface area contributed by atoms with Crippen molar-refractivity contribution in [2.24, 2.45) is 0 Å². The third kappa shape index (κ3) is 19.7. The second-order valence-electron chi connectivity index (χ2n) is 13.0. The fourth-order valence-electron chi connectivity index (χ4n) is 6.13. The van der Waals surface area contributed by atoms with Gasteiger partial charge in [0.1, 0.15) is 0 Å². The Morgan fingerprint density at radius 3 is 0.914 bits per heavy atom. The van der Waals surface area contributed by atoms with Crippen LogP contribution in [0.1, 0.15) is 203 Å². The molecule has 0 aromatic heterocycles. The van der Waals surface area contributed by atoms with Crippen LogP contribution in [0.15, 0.2) is 0 Å². The second kappa shape index (κ2) is 23.1. The first-order chi connectivity index (χ1) is 16.8. The van der Waals surface area contributed by atoms with Gasteiger partial charge in [0.2, 0.25) is 0 Å². The molecule has 0 saturated heterocycles. The summed E-state index contributed by atoms with van der Waals surface area (Å²) in [5, 5.41) is 0. The maximum absolute atomic E-state index is 2.93. The van der Waals surface area contributed by atoms with Crippen molar-refractivity contribution in [3.8, 4) is 0 Å². The maximum atomic E-state index is 2.93. The van der Waals surface area contributed by atoms with E-state index < -0.39 is 0 Å². The van der Waals surface area contributed by atoms with Crippen LogP contribution in [0.3, 0.4) is 0 Å². The van der Waals surface area contributed by atoms with E-state index in [1.807, 2.05) is 0 Å². The van der Waals surface area contributed by atoms with Gasteiger partial charge in [-0.25, -0.2) is 0 Å². The standard InChI is InChI=1S/C34H71N/c1-8-11-14-17-18-19-20-21-22-23-24-25-26-29-32-35(33(4,5)30-27-15-12-9-2)34(6,7)31-28-16-13-10-3/h8-32H2,1-7H3. The van der Waals surface area contributed by atoms with Gasteiger partial charge < -0.3 is 0 Å². The third-order valence-corrected chi connectivity index (χ3v) is 8.48. The van der Waals surface area contributed by atoms with Gasteiger partial charge >= 0.3 is 0 Å². The molecule has 0 N–H and O–H groups in total. The Kier molecular flexibility index (Phi) is 23.1. The summed E-state index contributed by atoms with van der Waals surface area (Å²) in [5.41, 5.74) is 0.636. The molecule has 35 heavy (non-hydrogen) atoms. The van der Waals surface area contributed by atoms with Crippen LogP contribution in [0, 0.1) is 0 Å². The van der Waals surface area contributed by atoms with E-state index in [0.717, 1.165) is 0 Å². The Labute approximate surface area is 225 Å². The topological polar surface area (TPSA) is 3.24 Å². The lowest BCUT2D eigenvalue weighted by Gasteiger charge is -2.49. The molecule has 0 aromatic carbocycles. The number of hydrogen-bond donors (Lipinski definition) is 0.